The normalized spacial score (nSPS) is 21.5. The topological polar surface area (TPSA) is 0 Å². The molecule has 15 heavy (non-hydrogen) atoms. The van der Waals surface area contributed by atoms with E-state index in [4.69, 9.17) is 0 Å². The number of halogens is 3. The minimum atomic E-state index is -0.735. The Morgan fingerprint density at radius 1 is 1.27 bits per heavy atom. The zero-order chi connectivity index (χ0) is 10.9. The second-order valence-corrected chi connectivity index (χ2v) is 12.0. The number of benzene rings is 1. The van der Waals surface area contributed by atoms with Gasteiger partial charge in [0.15, 0.2) is 0 Å². The van der Waals surface area contributed by atoms with Gasteiger partial charge in [0.2, 0.25) is 0 Å². The van der Waals surface area contributed by atoms with Crippen molar-refractivity contribution in [3.8, 4) is 0 Å². The van der Waals surface area contributed by atoms with Crippen LogP contribution in [-0.2, 0) is 5.75 Å². The van der Waals surface area contributed by atoms with Gasteiger partial charge < -0.3 is 0 Å². The maximum absolute atomic E-state index is 13.6. The lowest BCUT2D eigenvalue weighted by atomic mass is 10.2. The predicted molar refractivity (Wildman–Crippen MR) is 73.3 cm³/mol. The van der Waals surface area contributed by atoms with Crippen molar-refractivity contribution in [3.05, 3.63) is 34.1 Å². The van der Waals surface area contributed by atoms with Crippen LogP contribution in [0.2, 0.25) is 0 Å². The van der Waals surface area contributed by atoms with Gasteiger partial charge in [-0.1, -0.05) is 22.0 Å². The minimum absolute atomic E-state index is 0.0809. The van der Waals surface area contributed by atoms with Crippen LogP contribution < -0.4 is 0 Å². The van der Waals surface area contributed by atoms with E-state index in [1.54, 1.807) is 6.07 Å². The van der Waals surface area contributed by atoms with Gasteiger partial charge in [-0.05, 0) is 56.9 Å². The monoisotopic (exact) mass is 354 g/mol. The van der Waals surface area contributed by atoms with Gasteiger partial charge in [-0.25, -0.2) is 4.39 Å². The lowest BCUT2D eigenvalue weighted by Crippen LogP contribution is -1.99. The standard InChI is InChI=1S/C11H13Br2FS/c12-10-4-3-9(11(14)7-10)8-15(13)5-1-2-6-15/h3-4,7H,1-2,5-6,8H2. The van der Waals surface area contributed by atoms with Crippen LogP contribution in [-0.4, -0.2) is 11.5 Å². The van der Waals surface area contributed by atoms with Crippen molar-refractivity contribution in [3.63, 3.8) is 0 Å². The van der Waals surface area contributed by atoms with Crippen molar-refractivity contribution in [1.82, 2.24) is 0 Å². The molecule has 1 saturated heterocycles. The molecule has 0 saturated carbocycles. The summed E-state index contributed by atoms with van der Waals surface area (Å²) >= 11 is 7.12. The molecule has 0 amide bonds. The zero-order valence-electron chi connectivity index (χ0n) is 8.31. The number of hydrogen-bond donors (Lipinski definition) is 0. The summed E-state index contributed by atoms with van der Waals surface area (Å²) in [6.07, 6.45) is 2.58. The van der Waals surface area contributed by atoms with Crippen molar-refractivity contribution in [2.24, 2.45) is 0 Å². The minimum Gasteiger partial charge on any atom is -0.207 e. The molecule has 0 aromatic heterocycles. The Hall–Kier alpha value is 0.460. The fraction of sp³-hybridized carbons (Fsp3) is 0.455. The quantitative estimate of drug-likeness (QED) is 0.700. The third-order valence-electron chi connectivity index (χ3n) is 2.70. The van der Waals surface area contributed by atoms with E-state index in [-0.39, 0.29) is 5.82 Å². The molecule has 0 nitrogen and oxygen atoms in total. The van der Waals surface area contributed by atoms with Gasteiger partial charge in [-0.2, -0.15) is 8.46 Å². The molecule has 0 radical (unpaired) electrons. The molecule has 0 unspecified atom stereocenters. The molecule has 0 bridgehead atoms. The highest BCUT2D eigenvalue weighted by atomic mass is 79.9. The van der Waals surface area contributed by atoms with Crippen molar-refractivity contribution in [2.75, 3.05) is 11.5 Å². The molecule has 1 aliphatic rings. The highest BCUT2D eigenvalue weighted by molar-refractivity contribution is 9.58. The van der Waals surface area contributed by atoms with E-state index in [1.807, 2.05) is 12.1 Å². The van der Waals surface area contributed by atoms with Crippen LogP contribution in [0.3, 0.4) is 0 Å². The van der Waals surface area contributed by atoms with E-state index in [9.17, 15) is 4.39 Å². The first-order valence-electron chi connectivity index (χ1n) is 4.99. The Morgan fingerprint density at radius 3 is 2.53 bits per heavy atom. The number of rotatable bonds is 2. The van der Waals surface area contributed by atoms with Gasteiger partial charge in [-0.3, -0.25) is 0 Å². The summed E-state index contributed by atoms with van der Waals surface area (Å²) in [5.74, 6) is 3.28. The second kappa shape index (κ2) is 4.76. The third kappa shape index (κ3) is 2.98. The maximum atomic E-state index is 13.6. The van der Waals surface area contributed by atoms with E-state index >= 15 is 0 Å². The first-order valence-corrected chi connectivity index (χ1v) is 9.77. The summed E-state index contributed by atoms with van der Waals surface area (Å²) < 4.78 is 14.5. The molecule has 1 heterocycles. The second-order valence-electron chi connectivity index (χ2n) is 3.94. The van der Waals surface area contributed by atoms with Gasteiger partial charge in [0.05, 0.1) is 0 Å². The summed E-state index contributed by atoms with van der Waals surface area (Å²) in [7, 11) is -0.735. The molecule has 0 atom stereocenters. The Morgan fingerprint density at radius 2 is 1.93 bits per heavy atom. The summed E-state index contributed by atoms with van der Waals surface area (Å²) in [5.41, 5.74) is 0.854. The molecule has 1 aromatic carbocycles. The zero-order valence-corrected chi connectivity index (χ0v) is 12.3. The van der Waals surface area contributed by atoms with Crippen LogP contribution in [0.25, 0.3) is 0 Å². The maximum Gasteiger partial charge on any atom is 0.128 e. The smallest absolute Gasteiger partial charge is 0.128 e. The molecule has 1 aliphatic heterocycles. The van der Waals surface area contributed by atoms with E-state index in [0.717, 1.165) is 15.8 Å². The van der Waals surface area contributed by atoms with Gasteiger partial charge in [0.1, 0.15) is 5.82 Å². The molecular formula is C11H13Br2FS. The van der Waals surface area contributed by atoms with Gasteiger partial charge in [0.25, 0.3) is 0 Å². The van der Waals surface area contributed by atoms with Crippen molar-refractivity contribution in [2.45, 2.75) is 18.6 Å². The molecular weight excluding hydrogens is 343 g/mol. The molecule has 1 aromatic rings. The van der Waals surface area contributed by atoms with Crippen molar-refractivity contribution in [1.29, 1.82) is 0 Å². The van der Waals surface area contributed by atoms with E-state index < -0.39 is 8.46 Å². The van der Waals surface area contributed by atoms with E-state index in [1.165, 1.54) is 24.3 Å². The number of hydrogen-bond acceptors (Lipinski definition) is 0. The Kier molecular flexibility index (Phi) is 3.79. The SMILES string of the molecule is Fc1cc(Br)ccc1CS1(Br)CCCC1. The first kappa shape index (κ1) is 11.9. The molecule has 0 aliphatic carbocycles. The summed E-state index contributed by atoms with van der Waals surface area (Å²) in [5, 5.41) is 0. The molecule has 1 fully saturated rings. The van der Waals surface area contributed by atoms with Gasteiger partial charge in [-0.15, -0.1) is 0 Å². The Labute approximate surface area is 107 Å². The average Bonchev–Trinajstić information content (AvgIpc) is 2.58. The summed E-state index contributed by atoms with van der Waals surface area (Å²) in [6.45, 7) is 0. The largest absolute Gasteiger partial charge is 0.207 e. The molecule has 2 rings (SSSR count). The Balaban J connectivity index is 2.16. The highest BCUT2D eigenvalue weighted by Gasteiger charge is 2.26. The van der Waals surface area contributed by atoms with Crippen LogP contribution in [0.5, 0.6) is 0 Å². The molecule has 0 N–H and O–H groups in total. The van der Waals surface area contributed by atoms with Crippen LogP contribution in [0.1, 0.15) is 18.4 Å². The molecule has 0 spiro atoms. The van der Waals surface area contributed by atoms with Crippen molar-refractivity contribution < 1.29 is 4.39 Å². The Bertz CT molecular complexity index is 362. The van der Waals surface area contributed by atoms with Gasteiger partial charge in [0, 0.05) is 10.2 Å². The van der Waals surface area contributed by atoms with Crippen LogP contribution in [0.4, 0.5) is 4.39 Å². The predicted octanol–water partition coefficient (Wildman–Crippen LogP) is 5.00. The van der Waals surface area contributed by atoms with Crippen LogP contribution in [0, 0.1) is 5.82 Å². The van der Waals surface area contributed by atoms with E-state index in [2.05, 4.69) is 30.7 Å². The average molecular weight is 356 g/mol. The summed E-state index contributed by atoms with van der Waals surface area (Å²) in [6, 6.07) is 5.37. The third-order valence-corrected chi connectivity index (χ3v) is 8.69. The van der Waals surface area contributed by atoms with Crippen LogP contribution in [0.15, 0.2) is 22.7 Å². The first-order chi connectivity index (χ1) is 7.09. The van der Waals surface area contributed by atoms with E-state index in [0.29, 0.717) is 0 Å². The summed E-state index contributed by atoms with van der Waals surface area (Å²) in [4.78, 5) is 0. The fourth-order valence-corrected chi connectivity index (χ4v) is 7.06. The van der Waals surface area contributed by atoms with Gasteiger partial charge >= 0.3 is 0 Å². The fourth-order valence-electron chi connectivity index (χ4n) is 1.89. The lowest BCUT2D eigenvalue weighted by molar-refractivity contribution is 0.616. The lowest BCUT2D eigenvalue weighted by Gasteiger charge is -2.27. The van der Waals surface area contributed by atoms with Crippen LogP contribution >= 0.6 is 39.2 Å². The molecule has 84 valence electrons. The van der Waals surface area contributed by atoms with Crippen molar-refractivity contribution >= 4 is 39.2 Å². The highest BCUT2D eigenvalue weighted by Crippen LogP contribution is 2.62. The molecule has 4 heteroatoms.